The van der Waals surface area contributed by atoms with E-state index in [1.54, 1.807) is 0 Å². The lowest BCUT2D eigenvalue weighted by Crippen LogP contribution is -2.34. The van der Waals surface area contributed by atoms with Gasteiger partial charge in [0.05, 0.1) is 11.1 Å². The van der Waals surface area contributed by atoms with E-state index in [0.717, 1.165) is 55.6 Å². The molecule has 0 unspecified atom stereocenters. The first-order valence-corrected chi connectivity index (χ1v) is 18.6. The molecular formula is C50H44N2O2. The van der Waals surface area contributed by atoms with Crippen LogP contribution >= 0.6 is 0 Å². The van der Waals surface area contributed by atoms with E-state index in [4.69, 9.17) is 5.73 Å². The molecule has 0 bridgehead atoms. The predicted octanol–water partition coefficient (Wildman–Crippen LogP) is 9.99. The first-order valence-electron chi connectivity index (χ1n) is 18.6. The molecule has 4 heteroatoms. The number of carbonyl (C=O) groups is 2. The molecular weight excluding hydrogens is 661 g/mol. The second-order valence-corrected chi connectivity index (χ2v) is 13.8. The Bertz CT molecular complexity index is 2250. The number of primary amides is 1. The van der Waals surface area contributed by atoms with Gasteiger partial charge < -0.3 is 10.6 Å². The minimum Gasteiger partial charge on any atom is -0.366 e. The Morgan fingerprint density at radius 1 is 0.352 bits per heavy atom. The molecule has 0 radical (unpaired) electrons. The monoisotopic (exact) mass is 704 g/mol. The number of rotatable bonds is 14. The largest absolute Gasteiger partial charge is 0.366 e. The first kappa shape index (κ1) is 35.9. The Morgan fingerprint density at radius 3 is 0.907 bits per heavy atom. The number of hydrogen-bond donors (Lipinski definition) is 1. The van der Waals surface area contributed by atoms with E-state index < -0.39 is 5.91 Å². The van der Waals surface area contributed by atoms with Gasteiger partial charge in [-0.3, -0.25) is 9.59 Å². The van der Waals surface area contributed by atoms with Gasteiger partial charge in [0.15, 0.2) is 0 Å². The number of carbonyl (C=O) groups excluding carboxylic acids is 2. The van der Waals surface area contributed by atoms with Gasteiger partial charge in [0, 0.05) is 13.1 Å². The highest BCUT2D eigenvalue weighted by molar-refractivity contribution is 6.09. The molecule has 266 valence electrons. The smallest absolute Gasteiger partial charge is 0.255 e. The molecule has 0 fully saturated rings. The number of nitrogens with two attached hydrogens (primary N) is 1. The van der Waals surface area contributed by atoms with Crippen LogP contribution in [0.4, 0.5) is 0 Å². The average molecular weight is 705 g/mol. The van der Waals surface area contributed by atoms with Crippen molar-refractivity contribution in [3.63, 3.8) is 0 Å². The summed E-state index contributed by atoms with van der Waals surface area (Å²) in [6.45, 7) is 0.733. The maximum Gasteiger partial charge on any atom is 0.255 e. The van der Waals surface area contributed by atoms with Crippen LogP contribution in [0.3, 0.4) is 0 Å². The summed E-state index contributed by atoms with van der Waals surface area (Å²) in [5.41, 5.74) is 17.3. The maximum absolute atomic E-state index is 15.7. The highest BCUT2D eigenvalue weighted by Crippen LogP contribution is 2.36. The Hall–Kier alpha value is -6.52. The Morgan fingerprint density at radius 2 is 0.611 bits per heavy atom. The Labute approximate surface area is 318 Å². The molecule has 7 aromatic rings. The number of hydrogen-bond acceptors (Lipinski definition) is 2. The molecule has 2 amide bonds. The fourth-order valence-electron chi connectivity index (χ4n) is 7.46. The third-order valence-electron chi connectivity index (χ3n) is 10.0. The highest BCUT2D eigenvalue weighted by Gasteiger charge is 2.32. The lowest BCUT2D eigenvalue weighted by Gasteiger charge is -2.30. The standard InChI is InChI=1S/C50H44N2O2/c51-49(53)47-45(33-39-23-11-3-12-24-39)43(31-37-19-7-1-8-20-37)44(32-38-21-9-2-10-22-38)46(34-40-25-13-4-14-26-40)48(47)50(54)52(35-41-27-15-5-16-28-41)36-42-29-17-6-18-30-42/h1-30H,31-36H2,(H2,51,53). The lowest BCUT2D eigenvalue weighted by atomic mass is 9.78. The van der Waals surface area contributed by atoms with Crippen molar-refractivity contribution in [1.29, 1.82) is 0 Å². The summed E-state index contributed by atoms with van der Waals surface area (Å²) in [6, 6.07) is 61.2. The fourth-order valence-corrected chi connectivity index (χ4v) is 7.46. The third-order valence-corrected chi connectivity index (χ3v) is 10.0. The van der Waals surface area contributed by atoms with E-state index in [1.807, 2.05) is 126 Å². The number of amides is 2. The van der Waals surface area contributed by atoms with Crippen LogP contribution in [0.5, 0.6) is 0 Å². The van der Waals surface area contributed by atoms with Gasteiger partial charge in [-0.1, -0.05) is 182 Å². The van der Waals surface area contributed by atoms with E-state index in [2.05, 4.69) is 60.7 Å². The van der Waals surface area contributed by atoms with Crippen LogP contribution in [0, 0.1) is 0 Å². The zero-order chi connectivity index (χ0) is 37.1. The van der Waals surface area contributed by atoms with Crippen molar-refractivity contribution in [3.05, 3.63) is 249 Å². The second-order valence-electron chi connectivity index (χ2n) is 13.8. The molecule has 0 aliphatic heterocycles. The molecule has 54 heavy (non-hydrogen) atoms. The molecule has 0 aliphatic carbocycles. The molecule has 0 spiro atoms. The molecule has 0 atom stereocenters. The van der Waals surface area contributed by atoms with Gasteiger partial charge in [-0.05, 0) is 81.3 Å². The van der Waals surface area contributed by atoms with Crippen molar-refractivity contribution in [3.8, 4) is 0 Å². The van der Waals surface area contributed by atoms with Crippen molar-refractivity contribution >= 4 is 11.8 Å². The van der Waals surface area contributed by atoms with Crippen LogP contribution in [0.2, 0.25) is 0 Å². The SMILES string of the molecule is NC(=O)c1c(Cc2ccccc2)c(Cc2ccccc2)c(Cc2ccccc2)c(Cc2ccccc2)c1C(=O)N(Cc1ccccc1)Cc1ccccc1. The zero-order valence-electron chi connectivity index (χ0n) is 30.4. The minimum absolute atomic E-state index is 0.211. The molecule has 2 N–H and O–H groups in total. The normalized spacial score (nSPS) is 10.9. The summed E-state index contributed by atoms with van der Waals surface area (Å²) < 4.78 is 0. The summed E-state index contributed by atoms with van der Waals surface area (Å²) in [4.78, 5) is 31.8. The Kier molecular flexibility index (Phi) is 11.5. The average Bonchev–Trinajstić information content (AvgIpc) is 3.21. The van der Waals surface area contributed by atoms with E-state index in [-0.39, 0.29) is 5.91 Å². The summed E-state index contributed by atoms with van der Waals surface area (Å²) in [6.07, 6.45) is 2.08. The lowest BCUT2D eigenvalue weighted by molar-refractivity contribution is 0.0724. The van der Waals surface area contributed by atoms with Gasteiger partial charge in [-0.15, -0.1) is 0 Å². The van der Waals surface area contributed by atoms with Crippen LogP contribution in [0.15, 0.2) is 182 Å². The summed E-state index contributed by atoms with van der Waals surface area (Å²) in [5.74, 6) is -0.809. The minimum atomic E-state index is -0.599. The van der Waals surface area contributed by atoms with E-state index in [9.17, 15) is 4.79 Å². The molecule has 4 nitrogen and oxygen atoms in total. The second kappa shape index (κ2) is 17.3. The summed E-state index contributed by atoms with van der Waals surface area (Å²) in [5, 5.41) is 0. The topological polar surface area (TPSA) is 63.4 Å². The van der Waals surface area contributed by atoms with Gasteiger partial charge in [0.25, 0.3) is 5.91 Å². The van der Waals surface area contributed by atoms with Gasteiger partial charge in [-0.2, -0.15) is 0 Å². The van der Waals surface area contributed by atoms with Crippen LogP contribution in [-0.4, -0.2) is 16.7 Å². The first-order chi connectivity index (χ1) is 26.5. The predicted molar refractivity (Wildman–Crippen MR) is 218 cm³/mol. The summed E-state index contributed by atoms with van der Waals surface area (Å²) in [7, 11) is 0. The molecule has 0 aromatic heterocycles. The van der Waals surface area contributed by atoms with E-state index in [1.165, 1.54) is 0 Å². The fraction of sp³-hybridized carbons (Fsp3) is 0.120. The van der Waals surface area contributed by atoms with Crippen LogP contribution in [0.25, 0.3) is 0 Å². The molecule has 0 aliphatic rings. The van der Waals surface area contributed by atoms with Crippen molar-refractivity contribution < 1.29 is 9.59 Å². The molecule has 0 heterocycles. The molecule has 0 saturated carbocycles. The number of benzene rings is 7. The number of nitrogens with zero attached hydrogens (tertiary/aromatic N) is 1. The van der Waals surface area contributed by atoms with Crippen molar-refractivity contribution in [2.75, 3.05) is 0 Å². The van der Waals surface area contributed by atoms with Crippen LogP contribution < -0.4 is 5.73 Å². The Balaban J connectivity index is 1.54. The molecule has 7 aromatic carbocycles. The van der Waals surface area contributed by atoms with Crippen LogP contribution in [0.1, 0.15) is 76.4 Å². The van der Waals surface area contributed by atoms with Crippen molar-refractivity contribution in [2.24, 2.45) is 5.73 Å². The van der Waals surface area contributed by atoms with E-state index >= 15 is 4.79 Å². The quantitative estimate of drug-likeness (QED) is 0.123. The van der Waals surface area contributed by atoms with E-state index in [0.29, 0.717) is 49.9 Å². The molecule has 0 saturated heterocycles. The molecule has 7 rings (SSSR count). The van der Waals surface area contributed by atoms with Gasteiger partial charge in [0.1, 0.15) is 0 Å². The van der Waals surface area contributed by atoms with Gasteiger partial charge >= 0.3 is 0 Å². The third kappa shape index (κ3) is 8.74. The summed E-state index contributed by atoms with van der Waals surface area (Å²) >= 11 is 0. The van der Waals surface area contributed by atoms with Crippen molar-refractivity contribution in [2.45, 2.75) is 38.8 Å². The maximum atomic E-state index is 15.7. The van der Waals surface area contributed by atoms with Gasteiger partial charge in [0.2, 0.25) is 5.91 Å². The van der Waals surface area contributed by atoms with Crippen LogP contribution in [-0.2, 0) is 38.8 Å². The zero-order valence-corrected chi connectivity index (χ0v) is 30.4. The van der Waals surface area contributed by atoms with Crippen molar-refractivity contribution in [1.82, 2.24) is 4.90 Å². The highest BCUT2D eigenvalue weighted by atomic mass is 16.2. The van der Waals surface area contributed by atoms with Gasteiger partial charge in [-0.25, -0.2) is 0 Å².